The van der Waals surface area contributed by atoms with Crippen LogP contribution in [0.1, 0.15) is 56.8 Å². The molecule has 2 N–H and O–H groups in total. The van der Waals surface area contributed by atoms with Crippen LogP contribution in [-0.4, -0.2) is 37.6 Å². The number of carbonyl (C=O) groups excluding carboxylic acids is 1. The first-order chi connectivity index (χ1) is 11.1. The summed E-state index contributed by atoms with van der Waals surface area (Å²) in [5.41, 5.74) is 1.96. The molecule has 1 heterocycles. The molecule has 0 spiro atoms. The van der Waals surface area contributed by atoms with Crippen LogP contribution in [0.15, 0.2) is 24.3 Å². The van der Waals surface area contributed by atoms with Crippen LogP contribution in [-0.2, 0) is 0 Å². The summed E-state index contributed by atoms with van der Waals surface area (Å²) in [7, 11) is 0. The molecule has 0 aliphatic carbocycles. The second kappa shape index (κ2) is 12.4. The minimum Gasteiger partial charge on any atom is -0.372 e. The highest BCUT2D eigenvalue weighted by molar-refractivity contribution is 5.94. The number of amides is 1. The smallest absolute Gasteiger partial charge is 0.251 e. The van der Waals surface area contributed by atoms with Crippen LogP contribution < -0.4 is 15.5 Å². The number of piperidine rings is 1. The Labute approximate surface area is 164 Å². The number of hydrogen-bond donors (Lipinski definition) is 2. The summed E-state index contributed by atoms with van der Waals surface area (Å²) in [6.07, 6.45) is 4.41. The number of benzene rings is 1. The van der Waals surface area contributed by atoms with Gasteiger partial charge in [-0.3, -0.25) is 4.79 Å². The van der Waals surface area contributed by atoms with Gasteiger partial charge in [0.05, 0.1) is 0 Å². The lowest BCUT2D eigenvalue weighted by Crippen LogP contribution is -2.46. The fraction of sp³-hybridized carbons (Fsp3) is 0.632. The van der Waals surface area contributed by atoms with Crippen molar-refractivity contribution in [2.75, 3.05) is 24.5 Å². The lowest BCUT2D eigenvalue weighted by Gasteiger charge is -2.28. The quantitative estimate of drug-likeness (QED) is 0.739. The highest BCUT2D eigenvalue weighted by Gasteiger charge is 2.20. The van der Waals surface area contributed by atoms with Crippen LogP contribution >= 0.6 is 24.8 Å². The molecule has 0 bridgehead atoms. The predicted octanol–water partition coefficient (Wildman–Crippen LogP) is 4.03. The Morgan fingerprint density at radius 2 is 1.92 bits per heavy atom. The average molecular weight is 390 g/mol. The van der Waals surface area contributed by atoms with E-state index in [1.807, 2.05) is 12.1 Å². The van der Waals surface area contributed by atoms with E-state index in [0.29, 0.717) is 6.04 Å². The molecule has 1 fully saturated rings. The summed E-state index contributed by atoms with van der Waals surface area (Å²) >= 11 is 0. The van der Waals surface area contributed by atoms with Gasteiger partial charge in [0.25, 0.3) is 5.91 Å². The molecule has 2 atom stereocenters. The number of unbranched alkanes of at least 4 members (excludes halogenated alkanes) is 1. The first-order valence-corrected chi connectivity index (χ1v) is 9.03. The maximum absolute atomic E-state index is 12.4. The minimum absolute atomic E-state index is 0. The van der Waals surface area contributed by atoms with E-state index < -0.39 is 0 Å². The van der Waals surface area contributed by atoms with Crippen molar-refractivity contribution in [1.82, 2.24) is 10.6 Å². The van der Waals surface area contributed by atoms with Crippen LogP contribution in [0.5, 0.6) is 0 Å². The number of halogens is 2. The number of anilines is 1. The molecule has 2 rings (SSSR count). The molecule has 1 aromatic carbocycles. The molecule has 144 valence electrons. The second-order valence-corrected chi connectivity index (χ2v) is 6.53. The van der Waals surface area contributed by atoms with Gasteiger partial charge in [0.15, 0.2) is 0 Å². The molecule has 1 aliphatic rings. The lowest BCUT2D eigenvalue weighted by molar-refractivity contribution is 0.0925. The molecule has 2 unspecified atom stereocenters. The van der Waals surface area contributed by atoms with E-state index in [2.05, 4.69) is 48.4 Å². The number of carbonyl (C=O) groups is 1. The monoisotopic (exact) mass is 389 g/mol. The topological polar surface area (TPSA) is 44.4 Å². The van der Waals surface area contributed by atoms with Crippen molar-refractivity contribution in [2.24, 2.45) is 0 Å². The normalized spacial score (nSPS) is 19.3. The first-order valence-electron chi connectivity index (χ1n) is 9.03. The molecule has 25 heavy (non-hydrogen) atoms. The van der Waals surface area contributed by atoms with Gasteiger partial charge in [0.2, 0.25) is 0 Å². The molecule has 1 amide bonds. The summed E-state index contributed by atoms with van der Waals surface area (Å²) in [4.78, 5) is 14.8. The summed E-state index contributed by atoms with van der Waals surface area (Å²) < 4.78 is 0. The van der Waals surface area contributed by atoms with Crippen molar-refractivity contribution in [2.45, 2.75) is 58.5 Å². The van der Waals surface area contributed by atoms with Crippen molar-refractivity contribution < 1.29 is 4.79 Å². The predicted molar refractivity (Wildman–Crippen MR) is 112 cm³/mol. The molecular formula is C19H33Cl2N3O. The molecule has 4 nitrogen and oxygen atoms in total. The van der Waals surface area contributed by atoms with Crippen LogP contribution in [0.25, 0.3) is 0 Å². The third kappa shape index (κ3) is 7.43. The Bertz CT molecular complexity index is 496. The zero-order valence-electron chi connectivity index (χ0n) is 15.6. The van der Waals surface area contributed by atoms with Crippen LogP contribution in [0.4, 0.5) is 5.69 Å². The maximum Gasteiger partial charge on any atom is 0.251 e. The number of nitrogens with one attached hydrogen (secondary N) is 2. The second-order valence-electron chi connectivity index (χ2n) is 6.53. The maximum atomic E-state index is 12.4. The van der Waals surface area contributed by atoms with Crippen molar-refractivity contribution in [1.29, 1.82) is 0 Å². The molecular weight excluding hydrogens is 357 g/mol. The van der Waals surface area contributed by atoms with Crippen molar-refractivity contribution in [3.8, 4) is 0 Å². The van der Waals surface area contributed by atoms with E-state index in [9.17, 15) is 4.79 Å². The van der Waals surface area contributed by atoms with Crippen LogP contribution in [0, 0.1) is 0 Å². The van der Waals surface area contributed by atoms with E-state index in [4.69, 9.17) is 0 Å². The fourth-order valence-electron chi connectivity index (χ4n) is 3.17. The summed E-state index contributed by atoms with van der Waals surface area (Å²) in [5.74, 6) is 0.0484. The third-order valence-electron chi connectivity index (χ3n) is 4.62. The SMILES string of the molecule is CCCCN(CC)c1ccc(C(=O)NC2CCNC(C)C2)cc1.Cl.Cl. The Hall–Kier alpha value is -0.970. The van der Waals surface area contributed by atoms with Gasteiger partial charge in [-0.1, -0.05) is 13.3 Å². The zero-order chi connectivity index (χ0) is 16.7. The van der Waals surface area contributed by atoms with Gasteiger partial charge in [0.1, 0.15) is 0 Å². The van der Waals surface area contributed by atoms with Crippen LogP contribution in [0.2, 0.25) is 0 Å². The number of rotatable bonds is 7. The average Bonchev–Trinajstić information content (AvgIpc) is 2.56. The van der Waals surface area contributed by atoms with E-state index in [-0.39, 0.29) is 36.8 Å². The third-order valence-corrected chi connectivity index (χ3v) is 4.62. The molecule has 0 saturated carbocycles. The summed E-state index contributed by atoms with van der Waals surface area (Å²) in [6, 6.07) is 8.80. The first kappa shape index (κ1) is 24.0. The summed E-state index contributed by atoms with van der Waals surface area (Å²) in [6.45, 7) is 9.61. The van der Waals surface area contributed by atoms with E-state index in [1.165, 1.54) is 18.5 Å². The Kier molecular flexibility index (Phi) is 11.9. The van der Waals surface area contributed by atoms with E-state index in [0.717, 1.165) is 38.0 Å². The van der Waals surface area contributed by atoms with E-state index in [1.54, 1.807) is 0 Å². The van der Waals surface area contributed by atoms with Gasteiger partial charge >= 0.3 is 0 Å². The Balaban J connectivity index is 0.00000288. The van der Waals surface area contributed by atoms with Gasteiger partial charge in [-0.2, -0.15) is 0 Å². The fourth-order valence-corrected chi connectivity index (χ4v) is 3.17. The molecule has 0 aromatic heterocycles. The largest absolute Gasteiger partial charge is 0.372 e. The number of nitrogens with zero attached hydrogens (tertiary/aromatic N) is 1. The highest BCUT2D eigenvalue weighted by Crippen LogP contribution is 2.17. The molecule has 6 heteroatoms. The minimum atomic E-state index is 0. The number of hydrogen-bond acceptors (Lipinski definition) is 3. The van der Waals surface area contributed by atoms with Crippen molar-refractivity contribution >= 4 is 36.4 Å². The van der Waals surface area contributed by atoms with Gasteiger partial charge < -0.3 is 15.5 Å². The molecule has 0 radical (unpaired) electrons. The Morgan fingerprint density at radius 3 is 2.48 bits per heavy atom. The molecule has 1 saturated heterocycles. The van der Waals surface area contributed by atoms with Gasteiger partial charge in [-0.05, 0) is 63.9 Å². The summed E-state index contributed by atoms with van der Waals surface area (Å²) in [5, 5.41) is 6.58. The van der Waals surface area contributed by atoms with Gasteiger partial charge in [-0.25, -0.2) is 0 Å². The zero-order valence-corrected chi connectivity index (χ0v) is 17.2. The van der Waals surface area contributed by atoms with Gasteiger partial charge in [-0.15, -0.1) is 24.8 Å². The standard InChI is InChI=1S/C19H31N3O.2ClH/c1-4-6-13-22(5-2)18-9-7-16(8-10-18)19(23)21-17-11-12-20-15(3)14-17;;/h7-10,15,17,20H,4-6,11-14H2,1-3H3,(H,21,23);2*1H. The van der Waals surface area contributed by atoms with Crippen molar-refractivity contribution in [3.05, 3.63) is 29.8 Å². The lowest BCUT2D eigenvalue weighted by atomic mass is 10.0. The molecule has 1 aliphatic heterocycles. The van der Waals surface area contributed by atoms with Crippen molar-refractivity contribution in [3.63, 3.8) is 0 Å². The van der Waals surface area contributed by atoms with E-state index >= 15 is 0 Å². The Morgan fingerprint density at radius 1 is 1.24 bits per heavy atom. The van der Waals surface area contributed by atoms with Crippen LogP contribution in [0.3, 0.4) is 0 Å². The highest BCUT2D eigenvalue weighted by atomic mass is 35.5. The van der Waals surface area contributed by atoms with Gasteiger partial charge in [0, 0.05) is 36.4 Å². The molecule has 1 aromatic rings.